The van der Waals surface area contributed by atoms with E-state index in [0.29, 0.717) is 12.3 Å². The van der Waals surface area contributed by atoms with Gasteiger partial charge < -0.3 is 5.73 Å². The zero-order valence-corrected chi connectivity index (χ0v) is 14.8. The average molecular weight is 292 g/mol. The van der Waals surface area contributed by atoms with E-state index in [1.807, 2.05) is 6.92 Å². The molecule has 0 rings (SSSR count). The largest absolute Gasteiger partial charge is 0.370 e. The first-order valence-electron chi connectivity index (χ1n) is 7.62. The van der Waals surface area contributed by atoms with Crippen LogP contribution in [0.15, 0.2) is 12.2 Å². The van der Waals surface area contributed by atoms with Gasteiger partial charge in [-0.05, 0) is 43.4 Å². The number of carbonyl (C=O) groups is 1. The lowest BCUT2D eigenvalue weighted by molar-refractivity contribution is -0.118. The van der Waals surface area contributed by atoms with E-state index in [9.17, 15) is 10.1 Å². The molecule has 0 radical (unpaired) electrons. The first-order valence-corrected chi connectivity index (χ1v) is 7.62. The third-order valence-corrected chi connectivity index (χ3v) is 4.97. The van der Waals surface area contributed by atoms with E-state index in [1.165, 1.54) is 0 Å². The molecule has 0 aromatic rings. The van der Waals surface area contributed by atoms with Crippen LogP contribution in [0.5, 0.6) is 0 Å². The monoisotopic (exact) mass is 292 g/mol. The molecule has 0 aromatic carbocycles. The van der Waals surface area contributed by atoms with Crippen LogP contribution in [0.4, 0.5) is 0 Å². The summed E-state index contributed by atoms with van der Waals surface area (Å²) < 4.78 is 0. The fourth-order valence-electron chi connectivity index (χ4n) is 2.87. The van der Waals surface area contributed by atoms with Crippen LogP contribution < -0.4 is 5.73 Å². The van der Waals surface area contributed by atoms with Gasteiger partial charge >= 0.3 is 0 Å². The van der Waals surface area contributed by atoms with E-state index in [1.54, 1.807) is 0 Å². The van der Waals surface area contributed by atoms with Crippen molar-refractivity contribution in [2.24, 2.45) is 27.9 Å². The maximum absolute atomic E-state index is 11.1. The van der Waals surface area contributed by atoms with E-state index >= 15 is 0 Å². The molecule has 0 aliphatic carbocycles. The number of nitrogens with zero attached hydrogens (tertiary/aromatic N) is 1. The van der Waals surface area contributed by atoms with Crippen molar-refractivity contribution in [1.82, 2.24) is 0 Å². The van der Waals surface area contributed by atoms with Crippen LogP contribution in [0.25, 0.3) is 0 Å². The second-order valence-corrected chi connectivity index (χ2v) is 8.26. The summed E-state index contributed by atoms with van der Waals surface area (Å²) in [6.07, 6.45) is 1.62. The molecule has 0 saturated heterocycles. The summed E-state index contributed by atoms with van der Waals surface area (Å²) in [4.78, 5) is 11.1. The Kier molecular flexibility index (Phi) is 6.23. The van der Waals surface area contributed by atoms with Gasteiger partial charge in [-0.3, -0.25) is 4.79 Å². The fraction of sp³-hybridized carbons (Fsp3) is 0.778. The van der Waals surface area contributed by atoms with Gasteiger partial charge in [0.25, 0.3) is 0 Å². The van der Waals surface area contributed by atoms with Crippen molar-refractivity contribution in [2.45, 2.75) is 67.7 Å². The highest BCUT2D eigenvalue weighted by atomic mass is 16.1. The molecular formula is C18H32N2O. The second kappa shape index (κ2) is 6.64. The molecule has 0 aliphatic rings. The van der Waals surface area contributed by atoms with E-state index in [4.69, 9.17) is 5.73 Å². The predicted octanol–water partition coefficient (Wildman–Crippen LogP) is 4.44. The molecule has 2 unspecified atom stereocenters. The molecule has 21 heavy (non-hydrogen) atoms. The normalized spacial score (nSPS) is 16.7. The summed E-state index contributed by atoms with van der Waals surface area (Å²) in [5.74, 6) is -0.0201. The summed E-state index contributed by atoms with van der Waals surface area (Å²) >= 11 is 0. The summed E-state index contributed by atoms with van der Waals surface area (Å²) in [5.41, 5.74) is 5.69. The van der Waals surface area contributed by atoms with Crippen molar-refractivity contribution in [3.8, 4) is 6.07 Å². The van der Waals surface area contributed by atoms with E-state index in [-0.39, 0.29) is 23.2 Å². The molecule has 2 N–H and O–H groups in total. The van der Waals surface area contributed by atoms with Crippen molar-refractivity contribution in [1.29, 1.82) is 5.26 Å². The molecule has 3 heteroatoms. The van der Waals surface area contributed by atoms with Gasteiger partial charge in [0.2, 0.25) is 5.91 Å². The summed E-state index contributed by atoms with van der Waals surface area (Å²) in [6.45, 7) is 19.0. The number of hydrogen-bond donors (Lipinski definition) is 1. The number of hydrogen-bond acceptors (Lipinski definition) is 2. The molecule has 0 fully saturated rings. The van der Waals surface area contributed by atoms with Crippen LogP contribution in [0.1, 0.15) is 67.7 Å². The molecule has 1 amide bonds. The zero-order chi connectivity index (χ0) is 17.1. The Morgan fingerprint density at radius 1 is 1.24 bits per heavy atom. The molecule has 3 nitrogen and oxygen atoms in total. The van der Waals surface area contributed by atoms with Crippen LogP contribution in [0.2, 0.25) is 0 Å². The number of amides is 1. The third kappa shape index (κ3) is 5.19. The molecule has 2 atom stereocenters. The van der Waals surface area contributed by atoms with Gasteiger partial charge in [-0.2, -0.15) is 5.26 Å². The van der Waals surface area contributed by atoms with Crippen LogP contribution >= 0.6 is 0 Å². The minimum absolute atomic E-state index is 0.100. The summed E-state index contributed by atoms with van der Waals surface area (Å²) in [5, 5.41) is 9.66. The van der Waals surface area contributed by atoms with Gasteiger partial charge in [-0.15, -0.1) is 0 Å². The SMILES string of the molecule is C=C(C)C(CC(C)(C)C(C)(C#N)CCC(N)=O)C(C)(C)C. The Labute approximate surface area is 130 Å². The minimum atomic E-state index is -0.582. The molecule has 0 spiro atoms. The van der Waals surface area contributed by atoms with Crippen molar-refractivity contribution in [2.75, 3.05) is 0 Å². The molecule has 0 bridgehead atoms. The van der Waals surface area contributed by atoms with E-state index in [0.717, 1.165) is 12.0 Å². The number of nitriles is 1. The number of carbonyl (C=O) groups excluding carboxylic acids is 1. The van der Waals surface area contributed by atoms with Crippen molar-refractivity contribution in [3.63, 3.8) is 0 Å². The van der Waals surface area contributed by atoms with Gasteiger partial charge in [0.15, 0.2) is 0 Å². The molecule has 0 saturated carbocycles. The van der Waals surface area contributed by atoms with Crippen molar-refractivity contribution < 1.29 is 4.79 Å². The smallest absolute Gasteiger partial charge is 0.217 e. The molecule has 0 aliphatic heterocycles. The average Bonchev–Trinajstić information content (AvgIpc) is 2.31. The lowest BCUT2D eigenvalue weighted by atomic mass is 9.58. The Morgan fingerprint density at radius 2 is 1.71 bits per heavy atom. The maximum Gasteiger partial charge on any atom is 0.217 e. The topological polar surface area (TPSA) is 66.9 Å². The van der Waals surface area contributed by atoms with E-state index in [2.05, 4.69) is 54.2 Å². The van der Waals surface area contributed by atoms with Crippen LogP contribution in [0.3, 0.4) is 0 Å². The van der Waals surface area contributed by atoms with Crippen LogP contribution in [-0.2, 0) is 4.79 Å². The molecule has 0 heterocycles. The van der Waals surface area contributed by atoms with Crippen molar-refractivity contribution >= 4 is 5.91 Å². The highest BCUT2D eigenvalue weighted by Crippen LogP contribution is 2.50. The lowest BCUT2D eigenvalue weighted by Crippen LogP contribution is -2.39. The molecule has 120 valence electrons. The van der Waals surface area contributed by atoms with Crippen LogP contribution in [0, 0.1) is 33.5 Å². The number of primary amides is 1. The van der Waals surface area contributed by atoms with Crippen LogP contribution in [-0.4, -0.2) is 5.91 Å². The first kappa shape index (κ1) is 19.7. The number of nitrogens with two attached hydrogens (primary N) is 1. The number of rotatable bonds is 7. The van der Waals surface area contributed by atoms with E-state index < -0.39 is 5.41 Å². The van der Waals surface area contributed by atoms with Crippen molar-refractivity contribution in [3.05, 3.63) is 12.2 Å². The third-order valence-electron chi connectivity index (χ3n) is 4.97. The van der Waals surface area contributed by atoms with Gasteiger partial charge in [0.1, 0.15) is 0 Å². The molecule has 0 aromatic heterocycles. The lowest BCUT2D eigenvalue weighted by Gasteiger charge is -2.44. The van der Waals surface area contributed by atoms with Gasteiger partial charge in [0, 0.05) is 6.42 Å². The maximum atomic E-state index is 11.1. The number of allylic oxidation sites excluding steroid dienone is 1. The van der Waals surface area contributed by atoms with Gasteiger partial charge in [-0.1, -0.05) is 46.8 Å². The highest BCUT2D eigenvalue weighted by Gasteiger charge is 2.44. The standard InChI is InChI=1S/C18H32N2O/c1-13(2)14(16(3,4)5)11-17(6,7)18(8,12-19)10-9-15(20)21/h14H,1,9-11H2,2-8H3,(H2,20,21). The Hall–Kier alpha value is -1.30. The minimum Gasteiger partial charge on any atom is -0.370 e. The predicted molar refractivity (Wildman–Crippen MR) is 88.3 cm³/mol. The summed E-state index contributed by atoms with van der Waals surface area (Å²) in [6, 6.07) is 2.43. The molecular weight excluding hydrogens is 260 g/mol. The quantitative estimate of drug-likeness (QED) is 0.705. The Bertz CT molecular complexity index is 437. The summed E-state index contributed by atoms with van der Waals surface area (Å²) in [7, 11) is 0. The first-order chi connectivity index (χ1) is 9.27. The van der Waals surface area contributed by atoms with Gasteiger partial charge in [0.05, 0.1) is 11.5 Å². The second-order valence-electron chi connectivity index (χ2n) is 8.26. The fourth-order valence-corrected chi connectivity index (χ4v) is 2.87. The zero-order valence-electron chi connectivity index (χ0n) is 14.8. The highest BCUT2D eigenvalue weighted by molar-refractivity contribution is 5.73. The Balaban J connectivity index is 5.37. The van der Waals surface area contributed by atoms with Gasteiger partial charge in [-0.25, -0.2) is 0 Å². The Morgan fingerprint density at radius 3 is 2.00 bits per heavy atom.